The number of hydrogen-bond donors (Lipinski definition) is 2. The number of benzene rings is 1. The summed E-state index contributed by atoms with van der Waals surface area (Å²) in [5, 5.41) is 7.58. The zero-order valence-electron chi connectivity index (χ0n) is 11.2. The number of amidine groups is 1. The molecule has 2 aromatic heterocycles. The Hall–Kier alpha value is -2.69. The summed E-state index contributed by atoms with van der Waals surface area (Å²) in [6.07, 6.45) is 4.33. The van der Waals surface area contributed by atoms with E-state index in [0.717, 1.165) is 22.6 Å². The van der Waals surface area contributed by atoms with Crippen LogP contribution in [0.1, 0.15) is 22.6 Å². The molecular weight excluding hydrogens is 250 g/mol. The van der Waals surface area contributed by atoms with Crippen LogP contribution in [-0.4, -0.2) is 20.2 Å². The fourth-order valence-corrected chi connectivity index (χ4v) is 2.22. The van der Waals surface area contributed by atoms with Crippen molar-refractivity contribution in [3.63, 3.8) is 0 Å². The van der Waals surface area contributed by atoms with Gasteiger partial charge in [0.1, 0.15) is 11.5 Å². The van der Waals surface area contributed by atoms with Crippen molar-refractivity contribution in [1.29, 1.82) is 5.41 Å². The molecule has 1 aromatic carbocycles. The van der Waals surface area contributed by atoms with Gasteiger partial charge in [0, 0.05) is 18.8 Å². The van der Waals surface area contributed by atoms with Gasteiger partial charge in [-0.3, -0.25) is 5.41 Å². The van der Waals surface area contributed by atoms with Crippen molar-refractivity contribution >= 4 is 11.5 Å². The van der Waals surface area contributed by atoms with Crippen molar-refractivity contribution in [2.75, 3.05) is 0 Å². The number of nitrogens with two attached hydrogens (primary N) is 1. The highest BCUT2D eigenvalue weighted by molar-refractivity contribution is 5.93. The third-order valence-corrected chi connectivity index (χ3v) is 3.12. The standard InChI is InChI=1S/C15H15N5/c1-10-8-20-9-13(14(16)17)19-12(15(20)18-10)7-11-5-3-2-4-6-11/h2-6,8-9H,7H2,1H3,(H3,16,17). The maximum Gasteiger partial charge on any atom is 0.159 e. The van der Waals surface area contributed by atoms with E-state index in [2.05, 4.69) is 22.1 Å². The average Bonchev–Trinajstić information content (AvgIpc) is 2.80. The van der Waals surface area contributed by atoms with Crippen LogP contribution in [0.2, 0.25) is 0 Å². The molecule has 0 atom stereocenters. The van der Waals surface area contributed by atoms with Crippen molar-refractivity contribution < 1.29 is 0 Å². The molecule has 2 heterocycles. The zero-order chi connectivity index (χ0) is 14.1. The van der Waals surface area contributed by atoms with Crippen molar-refractivity contribution in [3.8, 4) is 0 Å². The molecule has 5 heteroatoms. The van der Waals surface area contributed by atoms with Crippen LogP contribution in [-0.2, 0) is 6.42 Å². The van der Waals surface area contributed by atoms with Gasteiger partial charge in [0.15, 0.2) is 5.65 Å². The predicted molar refractivity (Wildman–Crippen MR) is 78.0 cm³/mol. The van der Waals surface area contributed by atoms with Crippen LogP contribution in [0, 0.1) is 12.3 Å². The Morgan fingerprint density at radius 3 is 2.65 bits per heavy atom. The first-order valence-corrected chi connectivity index (χ1v) is 6.37. The van der Waals surface area contributed by atoms with Gasteiger partial charge in [0.25, 0.3) is 0 Å². The molecule has 0 spiro atoms. The van der Waals surface area contributed by atoms with Crippen LogP contribution in [0.3, 0.4) is 0 Å². The highest BCUT2D eigenvalue weighted by atomic mass is 15.0. The van der Waals surface area contributed by atoms with Crippen molar-refractivity contribution in [1.82, 2.24) is 14.4 Å². The molecule has 0 saturated heterocycles. The van der Waals surface area contributed by atoms with Crippen LogP contribution < -0.4 is 5.73 Å². The van der Waals surface area contributed by atoms with E-state index in [9.17, 15) is 0 Å². The van der Waals surface area contributed by atoms with Gasteiger partial charge in [-0.2, -0.15) is 0 Å². The lowest BCUT2D eigenvalue weighted by molar-refractivity contribution is 1.00. The van der Waals surface area contributed by atoms with Gasteiger partial charge in [0.05, 0.1) is 11.4 Å². The molecular formula is C15H15N5. The maximum atomic E-state index is 7.58. The van der Waals surface area contributed by atoms with Crippen LogP contribution in [0.25, 0.3) is 5.65 Å². The molecule has 0 radical (unpaired) electrons. The van der Waals surface area contributed by atoms with Gasteiger partial charge in [-0.1, -0.05) is 30.3 Å². The first kappa shape index (κ1) is 12.3. The summed E-state index contributed by atoms with van der Waals surface area (Å²) in [7, 11) is 0. The minimum atomic E-state index is -0.0347. The van der Waals surface area contributed by atoms with E-state index < -0.39 is 0 Å². The van der Waals surface area contributed by atoms with E-state index in [1.807, 2.05) is 35.7 Å². The molecule has 0 unspecified atom stereocenters. The second-order valence-electron chi connectivity index (χ2n) is 4.76. The molecule has 0 saturated carbocycles. The Morgan fingerprint density at radius 1 is 1.20 bits per heavy atom. The van der Waals surface area contributed by atoms with Crippen LogP contribution >= 0.6 is 0 Å². The molecule has 100 valence electrons. The summed E-state index contributed by atoms with van der Waals surface area (Å²) < 4.78 is 1.89. The van der Waals surface area contributed by atoms with Crippen LogP contribution in [0.5, 0.6) is 0 Å². The minimum Gasteiger partial charge on any atom is -0.382 e. The van der Waals surface area contributed by atoms with E-state index in [0.29, 0.717) is 12.1 Å². The van der Waals surface area contributed by atoms with Gasteiger partial charge in [-0.05, 0) is 12.5 Å². The molecule has 0 fully saturated rings. The molecule has 3 rings (SSSR count). The van der Waals surface area contributed by atoms with E-state index in [1.54, 1.807) is 6.20 Å². The Morgan fingerprint density at radius 2 is 1.95 bits per heavy atom. The molecule has 0 bridgehead atoms. The topological polar surface area (TPSA) is 80.1 Å². The zero-order valence-corrected chi connectivity index (χ0v) is 11.2. The largest absolute Gasteiger partial charge is 0.382 e. The molecule has 0 aliphatic carbocycles. The number of rotatable bonds is 3. The van der Waals surface area contributed by atoms with Crippen LogP contribution in [0.4, 0.5) is 0 Å². The molecule has 5 nitrogen and oxygen atoms in total. The summed E-state index contributed by atoms with van der Waals surface area (Å²) in [5.74, 6) is -0.0347. The van der Waals surface area contributed by atoms with E-state index >= 15 is 0 Å². The lowest BCUT2D eigenvalue weighted by Crippen LogP contribution is -2.15. The number of nitrogen functional groups attached to an aromatic ring is 1. The maximum absolute atomic E-state index is 7.58. The first-order chi connectivity index (χ1) is 9.63. The molecule has 3 N–H and O–H groups in total. The number of fused-ring (bicyclic) bond motifs is 1. The third kappa shape index (κ3) is 2.25. The molecule has 0 amide bonds. The van der Waals surface area contributed by atoms with Gasteiger partial charge >= 0.3 is 0 Å². The Balaban J connectivity index is 2.14. The monoisotopic (exact) mass is 265 g/mol. The fraction of sp³-hybridized carbons (Fsp3) is 0.133. The normalized spacial score (nSPS) is 10.8. The van der Waals surface area contributed by atoms with E-state index in [4.69, 9.17) is 11.1 Å². The number of nitrogens with one attached hydrogen (secondary N) is 1. The smallest absolute Gasteiger partial charge is 0.159 e. The van der Waals surface area contributed by atoms with Crippen molar-refractivity contribution in [2.24, 2.45) is 5.73 Å². The van der Waals surface area contributed by atoms with Crippen molar-refractivity contribution in [2.45, 2.75) is 13.3 Å². The summed E-state index contributed by atoms with van der Waals surface area (Å²) in [5.41, 5.74) is 9.75. The molecule has 0 aliphatic rings. The van der Waals surface area contributed by atoms with Gasteiger partial charge in [-0.25, -0.2) is 9.97 Å². The highest BCUT2D eigenvalue weighted by Crippen LogP contribution is 2.14. The summed E-state index contributed by atoms with van der Waals surface area (Å²) in [4.78, 5) is 8.98. The van der Waals surface area contributed by atoms with Gasteiger partial charge in [0.2, 0.25) is 0 Å². The first-order valence-electron chi connectivity index (χ1n) is 6.37. The lowest BCUT2D eigenvalue weighted by Gasteiger charge is -2.06. The number of aryl methyl sites for hydroxylation is 1. The second-order valence-corrected chi connectivity index (χ2v) is 4.76. The van der Waals surface area contributed by atoms with E-state index in [-0.39, 0.29) is 5.84 Å². The lowest BCUT2D eigenvalue weighted by atomic mass is 10.1. The second kappa shape index (κ2) is 4.77. The van der Waals surface area contributed by atoms with E-state index in [1.165, 1.54) is 0 Å². The number of imidazole rings is 1. The fourth-order valence-electron chi connectivity index (χ4n) is 2.22. The highest BCUT2D eigenvalue weighted by Gasteiger charge is 2.11. The van der Waals surface area contributed by atoms with Gasteiger partial charge < -0.3 is 10.1 Å². The summed E-state index contributed by atoms with van der Waals surface area (Å²) >= 11 is 0. The number of nitrogens with zero attached hydrogens (tertiary/aromatic N) is 3. The number of aromatic nitrogens is 3. The number of hydrogen-bond acceptors (Lipinski definition) is 3. The average molecular weight is 265 g/mol. The van der Waals surface area contributed by atoms with Gasteiger partial charge in [-0.15, -0.1) is 0 Å². The Labute approximate surface area is 116 Å². The summed E-state index contributed by atoms with van der Waals surface area (Å²) in [6, 6.07) is 10.1. The Bertz CT molecular complexity index is 774. The SMILES string of the molecule is Cc1cn2cc(C(=N)N)nc(Cc3ccccc3)c2n1. The van der Waals surface area contributed by atoms with Crippen molar-refractivity contribution in [3.05, 3.63) is 65.4 Å². The Kier molecular flexibility index (Phi) is 2.95. The molecule has 3 aromatic rings. The third-order valence-electron chi connectivity index (χ3n) is 3.12. The molecule has 20 heavy (non-hydrogen) atoms. The molecule has 0 aliphatic heterocycles. The quantitative estimate of drug-likeness (QED) is 0.560. The summed E-state index contributed by atoms with van der Waals surface area (Å²) in [6.45, 7) is 1.94. The predicted octanol–water partition coefficient (Wildman–Crippen LogP) is 1.91. The minimum absolute atomic E-state index is 0.0347. The van der Waals surface area contributed by atoms with Crippen LogP contribution in [0.15, 0.2) is 42.7 Å².